The van der Waals surface area contributed by atoms with Crippen LogP contribution < -0.4 is 4.74 Å². The topological polar surface area (TPSA) is 18.5 Å². The number of alkyl halides is 6. The molecule has 1 rings (SSSR count). The maximum Gasteiger partial charge on any atom is 0.423 e. The van der Waals surface area contributed by atoms with E-state index in [1.54, 1.807) is 0 Å². The maximum atomic E-state index is 12.3. The maximum absolute atomic E-state index is 12.3. The minimum atomic E-state index is -5.53. The van der Waals surface area contributed by atoms with Crippen molar-refractivity contribution in [1.29, 1.82) is 0 Å². The molecule has 9 heteroatoms. The number of hydrogen-bond acceptors (Lipinski definition) is 2. The van der Waals surface area contributed by atoms with Crippen molar-refractivity contribution in [2.45, 2.75) is 25.1 Å². The summed E-state index contributed by atoms with van der Waals surface area (Å²) in [6.45, 7) is -0.883. The molecular formula is C11H9BrF6O2. The van der Waals surface area contributed by atoms with Crippen LogP contribution in [0, 0.1) is 0 Å². The molecule has 0 saturated carbocycles. The summed E-state index contributed by atoms with van der Waals surface area (Å²) in [6.07, 6.45) is -14.9. The van der Waals surface area contributed by atoms with Crippen molar-refractivity contribution in [2.24, 2.45) is 0 Å². The molecule has 0 aliphatic heterocycles. The summed E-state index contributed by atoms with van der Waals surface area (Å²) in [5.74, 6) is 0.135. The molecule has 20 heavy (non-hydrogen) atoms. The molecule has 0 aliphatic rings. The van der Waals surface area contributed by atoms with Crippen molar-refractivity contribution in [3.63, 3.8) is 0 Å². The fourth-order valence-corrected chi connectivity index (χ4v) is 1.82. The predicted octanol–water partition coefficient (Wildman–Crippen LogP) is 4.47. The third kappa shape index (κ3) is 4.55. The van der Waals surface area contributed by atoms with Gasteiger partial charge in [0.15, 0.2) is 0 Å². The van der Waals surface area contributed by atoms with Gasteiger partial charge in [-0.1, -0.05) is 15.9 Å². The van der Waals surface area contributed by atoms with E-state index in [9.17, 15) is 26.3 Å². The highest BCUT2D eigenvalue weighted by molar-refractivity contribution is 9.10. The van der Waals surface area contributed by atoms with Gasteiger partial charge in [-0.25, -0.2) is 0 Å². The van der Waals surface area contributed by atoms with Crippen LogP contribution in [0.5, 0.6) is 5.75 Å². The van der Waals surface area contributed by atoms with Crippen LogP contribution in [-0.2, 0) is 11.3 Å². The van der Waals surface area contributed by atoms with Gasteiger partial charge in [-0.15, -0.1) is 0 Å². The Bertz CT molecular complexity index is 443. The number of hydrogen-bond donors (Lipinski definition) is 0. The molecule has 0 bridgehead atoms. The average Bonchev–Trinajstić information content (AvgIpc) is 2.25. The lowest BCUT2D eigenvalue weighted by Crippen LogP contribution is -2.44. The first kappa shape index (κ1) is 17.1. The van der Waals surface area contributed by atoms with Gasteiger partial charge in [0.05, 0.1) is 13.7 Å². The lowest BCUT2D eigenvalue weighted by Gasteiger charge is -2.23. The van der Waals surface area contributed by atoms with Crippen molar-refractivity contribution < 1.29 is 35.8 Å². The van der Waals surface area contributed by atoms with E-state index in [1.165, 1.54) is 25.3 Å². The minimum absolute atomic E-state index is 0.0698. The Balaban J connectivity index is 2.91. The Kier molecular flexibility index (Phi) is 5.31. The van der Waals surface area contributed by atoms with Gasteiger partial charge in [0.1, 0.15) is 5.75 Å². The van der Waals surface area contributed by atoms with Crippen molar-refractivity contribution in [2.75, 3.05) is 7.11 Å². The first-order valence-electron chi connectivity index (χ1n) is 5.13. The second-order valence-electron chi connectivity index (χ2n) is 3.73. The Labute approximate surface area is 118 Å². The second kappa shape index (κ2) is 6.21. The summed E-state index contributed by atoms with van der Waals surface area (Å²) in [5, 5.41) is 0. The van der Waals surface area contributed by atoms with Gasteiger partial charge in [-0.2, -0.15) is 26.3 Å². The zero-order valence-corrected chi connectivity index (χ0v) is 11.6. The molecule has 0 amide bonds. The lowest BCUT2D eigenvalue weighted by atomic mass is 10.2. The third-order valence-electron chi connectivity index (χ3n) is 2.24. The van der Waals surface area contributed by atoms with E-state index in [0.29, 0.717) is 4.47 Å². The predicted molar refractivity (Wildman–Crippen MR) is 61.4 cm³/mol. The molecule has 1 aromatic rings. The molecular weight excluding hydrogens is 358 g/mol. The van der Waals surface area contributed by atoms with E-state index in [1.807, 2.05) is 0 Å². The number of benzene rings is 1. The smallest absolute Gasteiger partial charge is 0.423 e. The summed E-state index contributed by atoms with van der Waals surface area (Å²) < 4.78 is 83.1. The van der Waals surface area contributed by atoms with Crippen LogP contribution in [0.2, 0.25) is 0 Å². The molecule has 2 nitrogen and oxygen atoms in total. The monoisotopic (exact) mass is 366 g/mol. The molecule has 0 fully saturated rings. The molecule has 0 unspecified atom stereocenters. The van der Waals surface area contributed by atoms with Gasteiger partial charge in [0.2, 0.25) is 6.10 Å². The number of ether oxygens (including phenoxy) is 2. The molecule has 0 N–H and O–H groups in total. The summed E-state index contributed by atoms with van der Waals surface area (Å²) >= 11 is 3.06. The van der Waals surface area contributed by atoms with E-state index < -0.39 is 25.1 Å². The van der Waals surface area contributed by atoms with Crippen molar-refractivity contribution in [3.8, 4) is 5.75 Å². The quantitative estimate of drug-likeness (QED) is 0.732. The first-order valence-corrected chi connectivity index (χ1v) is 5.92. The van der Waals surface area contributed by atoms with Gasteiger partial charge in [0.25, 0.3) is 0 Å². The fraction of sp³-hybridized carbons (Fsp3) is 0.455. The normalized spacial score (nSPS) is 12.8. The Hall–Kier alpha value is -0.960. The fourth-order valence-electron chi connectivity index (χ4n) is 1.41. The van der Waals surface area contributed by atoms with Crippen LogP contribution >= 0.6 is 15.9 Å². The highest BCUT2D eigenvalue weighted by Crippen LogP contribution is 2.36. The van der Waals surface area contributed by atoms with Crippen LogP contribution in [0.1, 0.15) is 5.56 Å². The summed E-state index contributed by atoms with van der Waals surface area (Å²) in [7, 11) is 1.25. The molecule has 0 radical (unpaired) electrons. The second-order valence-corrected chi connectivity index (χ2v) is 4.65. The molecule has 114 valence electrons. The average molecular weight is 367 g/mol. The molecule has 0 aromatic heterocycles. The van der Waals surface area contributed by atoms with Crippen molar-refractivity contribution in [1.82, 2.24) is 0 Å². The van der Waals surface area contributed by atoms with Crippen LogP contribution in [-0.4, -0.2) is 25.6 Å². The Morgan fingerprint density at radius 1 is 1.10 bits per heavy atom. The Morgan fingerprint density at radius 2 is 1.65 bits per heavy atom. The summed E-state index contributed by atoms with van der Waals surface area (Å²) in [6, 6.07) is 4.26. The molecule has 0 saturated heterocycles. The largest absolute Gasteiger partial charge is 0.496 e. The highest BCUT2D eigenvalue weighted by atomic mass is 79.9. The molecule has 1 aromatic carbocycles. The van der Waals surface area contributed by atoms with E-state index >= 15 is 0 Å². The van der Waals surface area contributed by atoms with Crippen molar-refractivity contribution in [3.05, 3.63) is 28.2 Å². The summed E-state index contributed by atoms with van der Waals surface area (Å²) in [4.78, 5) is 0. The van der Waals surface area contributed by atoms with Crippen LogP contribution in [0.25, 0.3) is 0 Å². The molecule has 0 spiro atoms. The van der Waals surface area contributed by atoms with Gasteiger partial charge in [-0.3, -0.25) is 0 Å². The van der Waals surface area contributed by atoms with E-state index in [4.69, 9.17) is 4.74 Å². The standard InChI is InChI=1S/C11H9BrF6O2/c1-19-8-3-2-7(12)4-6(8)5-20-9(10(13,14)15)11(16,17)18/h2-4,9H,5H2,1H3. The highest BCUT2D eigenvalue weighted by Gasteiger charge is 2.58. The number of methoxy groups -OCH3 is 1. The van der Waals surface area contributed by atoms with Crippen LogP contribution in [0.4, 0.5) is 26.3 Å². The van der Waals surface area contributed by atoms with Gasteiger partial charge in [0, 0.05) is 10.0 Å². The zero-order valence-electron chi connectivity index (χ0n) is 9.98. The lowest BCUT2D eigenvalue weighted by molar-refractivity contribution is -0.324. The number of halogens is 7. The number of rotatable bonds is 4. The van der Waals surface area contributed by atoms with E-state index in [2.05, 4.69) is 20.7 Å². The zero-order chi connectivity index (χ0) is 15.6. The van der Waals surface area contributed by atoms with Crippen LogP contribution in [0.3, 0.4) is 0 Å². The molecule has 0 atom stereocenters. The Morgan fingerprint density at radius 3 is 2.10 bits per heavy atom. The van der Waals surface area contributed by atoms with Gasteiger partial charge in [-0.05, 0) is 18.2 Å². The van der Waals surface area contributed by atoms with E-state index in [0.717, 1.165) is 0 Å². The molecule has 0 heterocycles. The first-order chi connectivity index (χ1) is 9.05. The van der Waals surface area contributed by atoms with Crippen molar-refractivity contribution >= 4 is 15.9 Å². The van der Waals surface area contributed by atoms with Gasteiger partial charge >= 0.3 is 12.4 Å². The van der Waals surface area contributed by atoms with Crippen LogP contribution in [0.15, 0.2) is 22.7 Å². The third-order valence-corrected chi connectivity index (χ3v) is 2.74. The molecule has 0 aliphatic carbocycles. The summed E-state index contributed by atoms with van der Waals surface area (Å²) in [5.41, 5.74) is 0.0698. The van der Waals surface area contributed by atoms with E-state index in [-0.39, 0.29) is 11.3 Å². The SMILES string of the molecule is COc1ccc(Br)cc1COC(C(F)(F)F)C(F)(F)F. The van der Waals surface area contributed by atoms with Gasteiger partial charge < -0.3 is 9.47 Å². The minimum Gasteiger partial charge on any atom is -0.496 e.